The first-order chi connectivity index (χ1) is 9.70. The number of thioether (sulfide) groups is 1. The van der Waals surface area contributed by atoms with Crippen LogP contribution in [0.5, 0.6) is 0 Å². The highest BCUT2D eigenvalue weighted by Gasteiger charge is 2.19. The molecule has 1 aliphatic rings. The number of carbonyl (C=O) groups is 1. The van der Waals surface area contributed by atoms with Crippen LogP contribution >= 0.6 is 11.8 Å². The van der Waals surface area contributed by atoms with Crippen molar-refractivity contribution < 1.29 is 14.3 Å². The summed E-state index contributed by atoms with van der Waals surface area (Å²) < 4.78 is 10.9. The first-order valence-corrected chi connectivity index (χ1v) is 7.98. The van der Waals surface area contributed by atoms with Crippen LogP contribution in [0.1, 0.15) is 18.3 Å². The molecule has 6 heteroatoms. The maximum absolute atomic E-state index is 11.9. The number of benzene rings is 1. The van der Waals surface area contributed by atoms with Gasteiger partial charge in [0.1, 0.15) is 0 Å². The Morgan fingerprint density at radius 1 is 1.50 bits per heavy atom. The number of hydrogen-bond donors (Lipinski definition) is 2. The molecular weight excluding hydrogens is 276 g/mol. The van der Waals surface area contributed by atoms with E-state index in [1.165, 1.54) is 0 Å². The molecule has 1 heterocycles. The molecule has 0 aliphatic carbocycles. The van der Waals surface area contributed by atoms with E-state index in [1.54, 1.807) is 11.8 Å². The lowest BCUT2D eigenvalue weighted by molar-refractivity contribution is -0.117. The van der Waals surface area contributed by atoms with Crippen LogP contribution in [0.25, 0.3) is 0 Å². The quantitative estimate of drug-likeness (QED) is 0.836. The Morgan fingerprint density at radius 2 is 2.25 bits per heavy atom. The van der Waals surface area contributed by atoms with Crippen molar-refractivity contribution in [2.45, 2.75) is 18.8 Å². The summed E-state index contributed by atoms with van der Waals surface area (Å²) in [6, 6.07) is 6.99. The van der Waals surface area contributed by atoms with Crippen molar-refractivity contribution in [3.8, 4) is 0 Å². The van der Waals surface area contributed by atoms with E-state index in [1.807, 2.05) is 30.5 Å². The van der Waals surface area contributed by atoms with Gasteiger partial charge in [-0.25, -0.2) is 0 Å². The number of nitrogens with one attached hydrogen (secondary N) is 1. The number of carbonyl (C=O) groups excluding carboxylic acids is 1. The minimum atomic E-state index is -0.481. The van der Waals surface area contributed by atoms with Crippen LogP contribution in [-0.2, 0) is 14.3 Å². The summed E-state index contributed by atoms with van der Waals surface area (Å²) in [4.78, 5) is 11.9. The minimum absolute atomic E-state index is 0.163. The fourth-order valence-corrected chi connectivity index (χ4v) is 2.41. The van der Waals surface area contributed by atoms with Gasteiger partial charge in [0.05, 0.1) is 19.3 Å². The van der Waals surface area contributed by atoms with Gasteiger partial charge in [0.25, 0.3) is 0 Å². The first-order valence-electron chi connectivity index (χ1n) is 6.59. The van der Waals surface area contributed by atoms with Gasteiger partial charge in [-0.15, -0.1) is 0 Å². The van der Waals surface area contributed by atoms with Crippen molar-refractivity contribution in [2.75, 3.05) is 30.5 Å². The van der Waals surface area contributed by atoms with E-state index >= 15 is 0 Å². The SMILES string of the molecule is CSCC[C@H](N)C(=O)Nc1cccc(C2OCCO2)c1. The first kappa shape index (κ1) is 15.3. The Morgan fingerprint density at radius 3 is 2.95 bits per heavy atom. The lowest BCUT2D eigenvalue weighted by Crippen LogP contribution is -2.36. The van der Waals surface area contributed by atoms with Crippen LogP contribution in [-0.4, -0.2) is 37.2 Å². The second-order valence-electron chi connectivity index (χ2n) is 4.58. The third-order valence-corrected chi connectivity index (χ3v) is 3.66. The lowest BCUT2D eigenvalue weighted by Gasteiger charge is -2.14. The molecule has 0 bridgehead atoms. The van der Waals surface area contributed by atoms with E-state index in [0.29, 0.717) is 25.3 Å². The average molecular weight is 296 g/mol. The van der Waals surface area contributed by atoms with Gasteiger partial charge in [-0.3, -0.25) is 4.79 Å². The Bertz CT molecular complexity index is 450. The van der Waals surface area contributed by atoms with Crippen molar-refractivity contribution >= 4 is 23.4 Å². The number of anilines is 1. The predicted octanol–water partition coefficient (Wildman–Crippen LogP) is 1.75. The number of amides is 1. The summed E-state index contributed by atoms with van der Waals surface area (Å²) >= 11 is 1.68. The highest BCUT2D eigenvalue weighted by Crippen LogP contribution is 2.25. The molecular formula is C14H20N2O3S. The van der Waals surface area contributed by atoms with Gasteiger partial charge >= 0.3 is 0 Å². The lowest BCUT2D eigenvalue weighted by atomic mass is 10.1. The maximum atomic E-state index is 11.9. The van der Waals surface area contributed by atoms with Gasteiger partial charge in [0, 0.05) is 11.3 Å². The average Bonchev–Trinajstić information content (AvgIpc) is 2.99. The van der Waals surface area contributed by atoms with Crippen LogP contribution in [0, 0.1) is 0 Å². The molecule has 1 saturated heterocycles. The molecule has 0 aromatic heterocycles. The third-order valence-electron chi connectivity index (χ3n) is 3.02. The van der Waals surface area contributed by atoms with E-state index in [4.69, 9.17) is 15.2 Å². The zero-order chi connectivity index (χ0) is 14.4. The van der Waals surface area contributed by atoms with Gasteiger partial charge in [-0.1, -0.05) is 12.1 Å². The molecule has 1 fully saturated rings. The van der Waals surface area contributed by atoms with Crippen molar-refractivity contribution in [3.63, 3.8) is 0 Å². The van der Waals surface area contributed by atoms with E-state index in [2.05, 4.69) is 5.32 Å². The van der Waals surface area contributed by atoms with Crippen LogP contribution < -0.4 is 11.1 Å². The molecule has 0 radical (unpaired) electrons. The van der Waals surface area contributed by atoms with Gasteiger partial charge in [-0.2, -0.15) is 11.8 Å². The Labute approximate surface area is 123 Å². The summed E-state index contributed by atoms with van der Waals surface area (Å²) in [5, 5.41) is 2.83. The van der Waals surface area contributed by atoms with Gasteiger partial charge in [0.2, 0.25) is 5.91 Å². The minimum Gasteiger partial charge on any atom is -0.346 e. The standard InChI is InChI=1S/C14H20N2O3S/c1-20-8-5-12(15)13(17)16-11-4-2-3-10(9-11)14-18-6-7-19-14/h2-4,9,12,14H,5-8,15H2,1H3,(H,16,17)/t12-/m0/s1. The molecule has 2 rings (SSSR count). The highest BCUT2D eigenvalue weighted by molar-refractivity contribution is 7.98. The highest BCUT2D eigenvalue weighted by atomic mass is 32.2. The fourth-order valence-electron chi connectivity index (χ4n) is 1.92. The number of hydrogen-bond acceptors (Lipinski definition) is 5. The zero-order valence-corrected chi connectivity index (χ0v) is 12.3. The number of ether oxygens (including phenoxy) is 2. The third kappa shape index (κ3) is 4.21. The maximum Gasteiger partial charge on any atom is 0.241 e. The smallest absolute Gasteiger partial charge is 0.241 e. The molecule has 3 N–H and O–H groups in total. The van der Waals surface area contributed by atoms with Crippen molar-refractivity contribution in [3.05, 3.63) is 29.8 Å². The Kier molecular flexibility index (Phi) is 5.85. The zero-order valence-electron chi connectivity index (χ0n) is 11.5. The van der Waals surface area contributed by atoms with Crippen LogP contribution in [0.3, 0.4) is 0 Å². The summed E-state index contributed by atoms with van der Waals surface area (Å²) in [6.07, 6.45) is 2.33. The van der Waals surface area contributed by atoms with Crippen LogP contribution in [0.15, 0.2) is 24.3 Å². The van der Waals surface area contributed by atoms with Crippen molar-refractivity contribution in [1.29, 1.82) is 0 Å². The van der Waals surface area contributed by atoms with Crippen molar-refractivity contribution in [1.82, 2.24) is 0 Å². The molecule has 5 nitrogen and oxygen atoms in total. The van der Waals surface area contributed by atoms with Crippen molar-refractivity contribution in [2.24, 2.45) is 5.73 Å². The van der Waals surface area contributed by atoms with Gasteiger partial charge in [0.15, 0.2) is 6.29 Å². The molecule has 1 aromatic carbocycles. The second-order valence-corrected chi connectivity index (χ2v) is 5.56. The molecule has 0 saturated carbocycles. The largest absolute Gasteiger partial charge is 0.346 e. The summed E-state index contributed by atoms with van der Waals surface area (Å²) in [5.74, 6) is 0.711. The molecule has 1 aliphatic heterocycles. The molecule has 110 valence electrons. The summed E-state index contributed by atoms with van der Waals surface area (Å²) in [7, 11) is 0. The molecule has 1 aromatic rings. The van der Waals surface area contributed by atoms with Gasteiger partial charge < -0.3 is 20.5 Å². The Hall–Kier alpha value is -1.08. The van der Waals surface area contributed by atoms with Crippen LogP contribution in [0.2, 0.25) is 0 Å². The predicted molar refractivity (Wildman–Crippen MR) is 80.7 cm³/mol. The molecule has 20 heavy (non-hydrogen) atoms. The molecule has 0 unspecified atom stereocenters. The topological polar surface area (TPSA) is 73.6 Å². The molecule has 1 atom stereocenters. The monoisotopic (exact) mass is 296 g/mol. The van der Waals surface area contributed by atoms with E-state index in [9.17, 15) is 4.79 Å². The molecule has 1 amide bonds. The van der Waals surface area contributed by atoms with Gasteiger partial charge in [-0.05, 0) is 30.6 Å². The fraction of sp³-hybridized carbons (Fsp3) is 0.500. The van der Waals surface area contributed by atoms with E-state index in [0.717, 1.165) is 11.3 Å². The summed E-state index contributed by atoms with van der Waals surface area (Å²) in [6.45, 7) is 1.20. The number of nitrogens with two attached hydrogens (primary N) is 1. The van der Waals surface area contributed by atoms with E-state index in [-0.39, 0.29) is 12.2 Å². The summed E-state index contributed by atoms with van der Waals surface area (Å²) in [5.41, 5.74) is 7.45. The van der Waals surface area contributed by atoms with E-state index < -0.39 is 6.04 Å². The second kappa shape index (κ2) is 7.64. The normalized spacial score (nSPS) is 17.1. The number of rotatable bonds is 6. The van der Waals surface area contributed by atoms with Crippen LogP contribution in [0.4, 0.5) is 5.69 Å². The molecule has 0 spiro atoms. The Balaban J connectivity index is 1.95.